The summed E-state index contributed by atoms with van der Waals surface area (Å²) in [6.07, 6.45) is 9.97. The number of benzene rings is 1. The Morgan fingerprint density at radius 3 is 2.87 bits per heavy atom. The van der Waals surface area contributed by atoms with Gasteiger partial charge in [-0.3, -0.25) is 9.67 Å². The fourth-order valence-electron chi connectivity index (χ4n) is 3.24. The standard InChI is InChI=1S/C22H29N5O2.HI/c1-4-13-28-20-8-6-18(7-9-20)10-11-24-22(23-5-2)27-12-14-29-21(17-27)19-15-25-26(3)16-19;/h1,6-9,15-16,21H,5,10-14,17H2,2-3H3,(H,23,24);1H. The number of hydrogen-bond acceptors (Lipinski definition) is 4. The molecule has 0 amide bonds. The number of hydrogen-bond donors (Lipinski definition) is 1. The summed E-state index contributed by atoms with van der Waals surface area (Å²) in [4.78, 5) is 7.10. The lowest BCUT2D eigenvalue weighted by molar-refractivity contribution is -0.00803. The summed E-state index contributed by atoms with van der Waals surface area (Å²) in [5.74, 6) is 4.19. The van der Waals surface area contributed by atoms with Crippen molar-refractivity contribution in [3.05, 3.63) is 47.8 Å². The van der Waals surface area contributed by atoms with E-state index < -0.39 is 0 Å². The van der Waals surface area contributed by atoms with Crippen LogP contribution in [0.4, 0.5) is 0 Å². The predicted octanol–water partition coefficient (Wildman–Crippen LogP) is 2.63. The number of terminal acetylenes is 1. The molecular weight excluding hydrogens is 493 g/mol. The predicted molar refractivity (Wildman–Crippen MR) is 129 cm³/mol. The third-order valence-electron chi connectivity index (χ3n) is 4.71. The van der Waals surface area contributed by atoms with Crippen LogP contribution < -0.4 is 10.1 Å². The first-order chi connectivity index (χ1) is 14.2. The van der Waals surface area contributed by atoms with Gasteiger partial charge in [0.1, 0.15) is 18.5 Å². The molecule has 2 heterocycles. The molecular formula is C22H30IN5O2. The van der Waals surface area contributed by atoms with Crippen molar-refractivity contribution in [1.82, 2.24) is 20.0 Å². The van der Waals surface area contributed by atoms with E-state index in [1.165, 1.54) is 5.56 Å². The van der Waals surface area contributed by atoms with Crippen LogP contribution in [-0.2, 0) is 18.2 Å². The second-order valence-electron chi connectivity index (χ2n) is 6.88. The molecule has 0 spiro atoms. The van der Waals surface area contributed by atoms with Crippen molar-refractivity contribution in [2.75, 3.05) is 39.4 Å². The highest BCUT2D eigenvalue weighted by Gasteiger charge is 2.25. The van der Waals surface area contributed by atoms with Crippen LogP contribution in [0, 0.1) is 12.3 Å². The molecule has 1 aromatic heterocycles. The van der Waals surface area contributed by atoms with Crippen LogP contribution in [0.2, 0.25) is 0 Å². The summed E-state index contributed by atoms with van der Waals surface area (Å²) in [7, 11) is 1.92. The third-order valence-corrected chi connectivity index (χ3v) is 4.71. The molecule has 1 aliphatic heterocycles. The van der Waals surface area contributed by atoms with E-state index in [1.54, 1.807) is 4.68 Å². The average molecular weight is 523 g/mol. The number of nitrogens with one attached hydrogen (secondary N) is 1. The topological polar surface area (TPSA) is 63.9 Å². The van der Waals surface area contributed by atoms with Gasteiger partial charge in [0, 0.05) is 38.4 Å². The number of morpholine rings is 1. The Kier molecular flexibility index (Phi) is 9.97. The minimum absolute atomic E-state index is 0. The summed E-state index contributed by atoms with van der Waals surface area (Å²) in [5, 5.41) is 7.67. The smallest absolute Gasteiger partial charge is 0.194 e. The highest BCUT2D eigenvalue weighted by molar-refractivity contribution is 14.0. The highest BCUT2D eigenvalue weighted by atomic mass is 127. The second kappa shape index (κ2) is 12.4. The molecule has 1 aromatic carbocycles. The van der Waals surface area contributed by atoms with Gasteiger partial charge in [0.15, 0.2) is 5.96 Å². The molecule has 3 rings (SSSR count). The number of nitrogens with zero attached hydrogens (tertiary/aromatic N) is 4. The fraction of sp³-hybridized carbons (Fsp3) is 0.455. The Bertz CT molecular complexity index is 844. The third kappa shape index (κ3) is 6.92. The van der Waals surface area contributed by atoms with Crippen LogP contribution in [-0.4, -0.2) is 60.0 Å². The van der Waals surface area contributed by atoms with Gasteiger partial charge >= 0.3 is 0 Å². The molecule has 0 radical (unpaired) electrons. The maximum Gasteiger partial charge on any atom is 0.194 e. The summed E-state index contributed by atoms with van der Waals surface area (Å²) in [6, 6.07) is 8.01. The minimum atomic E-state index is 0. The van der Waals surface area contributed by atoms with Crippen LogP contribution in [0.5, 0.6) is 5.75 Å². The largest absolute Gasteiger partial charge is 0.481 e. The molecule has 0 saturated carbocycles. The van der Waals surface area contributed by atoms with Gasteiger partial charge in [0.05, 0.1) is 19.3 Å². The van der Waals surface area contributed by atoms with E-state index >= 15 is 0 Å². The van der Waals surface area contributed by atoms with Crippen molar-refractivity contribution in [3.63, 3.8) is 0 Å². The second-order valence-corrected chi connectivity index (χ2v) is 6.88. The lowest BCUT2D eigenvalue weighted by Crippen LogP contribution is -2.48. The van der Waals surface area contributed by atoms with Gasteiger partial charge in [0.2, 0.25) is 0 Å². The van der Waals surface area contributed by atoms with Crippen molar-refractivity contribution < 1.29 is 9.47 Å². The van der Waals surface area contributed by atoms with Crippen LogP contribution in [0.1, 0.15) is 24.2 Å². The molecule has 8 heteroatoms. The molecule has 1 N–H and O–H groups in total. The normalized spacial score (nSPS) is 16.5. The van der Waals surface area contributed by atoms with Gasteiger partial charge in [0.25, 0.3) is 0 Å². The zero-order chi connectivity index (χ0) is 20.5. The first-order valence-electron chi connectivity index (χ1n) is 9.98. The number of aliphatic imine (C=N–C) groups is 1. The molecule has 0 bridgehead atoms. The summed E-state index contributed by atoms with van der Waals surface area (Å²) in [6.45, 7) is 6.17. The van der Waals surface area contributed by atoms with E-state index in [9.17, 15) is 0 Å². The van der Waals surface area contributed by atoms with Gasteiger partial charge in [-0.1, -0.05) is 18.1 Å². The van der Waals surface area contributed by atoms with Gasteiger partial charge < -0.3 is 19.7 Å². The molecule has 2 aromatic rings. The van der Waals surface area contributed by atoms with Crippen molar-refractivity contribution >= 4 is 29.9 Å². The van der Waals surface area contributed by atoms with Gasteiger partial charge in [-0.15, -0.1) is 30.4 Å². The van der Waals surface area contributed by atoms with Crippen LogP contribution in [0.3, 0.4) is 0 Å². The molecule has 7 nitrogen and oxygen atoms in total. The molecule has 30 heavy (non-hydrogen) atoms. The van der Waals surface area contributed by atoms with Crippen molar-refractivity contribution in [2.45, 2.75) is 19.4 Å². The Balaban J connectivity index is 0.00000320. The molecule has 1 atom stereocenters. The minimum Gasteiger partial charge on any atom is -0.481 e. The monoisotopic (exact) mass is 523 g/mol. The maximum atomic E-state index is 5.95. The SMILES string of the molecule is C#CCOc1ccc(CCN=C(NCC)N2CCOC(c3cnn(C)c3)C2)cc1.I. The van der Waals surface area contributed by atoms with Crippen LogP contribution >= 0.6 is 24.0 Å². The number of ether oxygens (including phenoxy) is 2. The van der Waals surface area contributed by atoms with E-state index in [2.05, 4.69) is 40.3 Å². The zero-order valence-electron chi connectivity index (χ0n) is 17.6. The van der Waals surface area contributed by atoms with Gasteiger partial charge in [-0.2, -0.15) is 5.10 Å². The van der Waals surface area contributed by atoms with E-state index in [4.69, 9.17) is 20.9 Å². The Morgan fingerprint density at radius 1 is 1.40 bits per heavy atom. The van der Waals surface area contributed by atoms with Crippen LogP contribution in [0.25, 0.3) is 0 Å². The fourth-order valence-corrected chi connectivity index (χ4v) is 3.24. The van der Waals surface area contributed by atoms with Gasteiger partial charge in [-0.25, -0.2) is 0 Å². The number of aromatic nitrogens is 2. The van der Waals surface area contributed by atoms with E-state index in [-0.39, 0.29) is 36.7 Å². The number of halogens is 1. The summed E-state index contributed by atoms with van der Waals surface area (Å²) in [5.41, 5.74) is 2.31. The summed E-state index contributed by atoms with van der Waals surface area (Å²) < 4.78 is 13.2. The highest BCUT2D eigenvalue weighted by Crippen LogP contribution is 2.21. The van der Waals surface area contributed by atoms with Crippen molar-refractivity contribution in [3.8, 4) is 18.1 Å². The molecule has 1 fully saturated rings. The number of aryl methyl sites for hydroxylation is 1. The lowest BCUT2D eigenvalue weighted by Gasteiger charge is -2.34. The first kappa shape index (κ1) is 24.0. The average Bonchev–Trinajstić information content (AvgIpc) is 3.19. The lowest BCUT2D eigenvalue weighted by atomic mass is 10.1. The molecule has 0 aliphatic carbocycles. The first-order valence-corrected chi connectivity index (χ1v) is 9.98. The van der Waals surface area contributed by atoms with E-state index in [1.807, 2.05) is 31.6 Å². The quantitative estimate of drug-likeness (QED) is 0.262. The molecule has 1 saturated heterocycles. The number of rotatable bonds is 7. The molecule has 162 valence electrons. The Morgan fingerprint density at radius 2 is 2.20 bits per heavy atom. The van der Waals surface area contributed by atoms with E-state index in [0.717, 1.165) is 43.3 Å². The Hall–Kier alpha value is -2.25. The van der Waals surface area contributed by atoms with Gasteiger partial charge in [-0.05, 0) is 31.0 Å². The molecule has 1 aliphatic rings. The zero-order valence-corrected chi connectivity index (χ0v) is 19.9. The Labute approximate surface area is 195 Å². The molecule has 1 unspecified atom stereocenters. The van der Waals surface area contributed by atoms with Crippen LogP contribution in [0.15, 0.2) is 41.7 Å². The number of guanidine groups is 1. The van der Waals surface area contributed by atoms with E-state index in [0.29, 0.717) is 13.2 Å². The van der Waals surface area contributed by atoms with Crippen molar-refractivity contribution in [2.24, 2.45) is 12.0 Å². The maximum absolute atomic E-state index is 5.95. The van der Waals surface area contributed by atoms with Crippen molar-refractivity contribution in [1.29, 1.82) is 0 Å². The summed E-state index contributed by atoms with van der Waals surface area (Å²) >= 11 is 0.